The Hall–Kier alpha value is -1.11. The lowest BCUT2D eigenvalue weighted by Gasteiger charge is -2.42. The van der Waals surface area contributed by atoms with Crippen LogP contribution < -0.4 is 0 Å². The molecular formula is C15H20O. The van der Waals surface area contributed by atoms with Gasteiger partial charge in [0.25, 0.3) is 0 Å². The maximum Gasteiger partial charge on any atom is 0.156 e. The second-order valence-electron chi connectivity index (χ2n) is 5.62. The molecule has 2 rings (SSSR count). The molecule has 0 aliphatic heterocycles. The van der Waals surface area contributed by atoms with Crippen molar-refractivity contribution in [3.63, 3.8) is 0 Å². The van der Waals surface area contributed by atoms with Crippen LogP contribution in [0.1, 0.15) is 40.5 Å². The molecule has 2 atom stereocenters. The molecule has 0 bridgehead atoms. The van der Waals surface area contributed by atoms with Gasteiger partial charge in [-0.1, -0.05) is 31.6 Å². The van der Waals surface area contributed by atoms with Crippen molar-refractivity contribution < 1.29 is 4.79 Å². The summed E-state index contributed by atoms with van der Waals surface area (Å²) >= 11 is 0. The van der Waals surface area contributed by atoms with Gasteiger partial charge in [-0.05, 0) is 48.8 Å². The quantitative estimate of drug-likeness (QED) is 0.601. The van der Waals surface area contributed by atoms with Crippen molar-refractivity contribution in [1.82, 2.24) is 0 Å². The highest BCUT2D eigenvalue weighted by Gasteiger charge is 2.40. The first-order chi connectivity index (χ1) is 7.43. The summed E-state index contributed by atoms with van der Waals surface area (Å²) in [7, 11) is 0. The lowest BCUT2D eigenvalue weighted by atomic mass is 9.61. The first-order valence-electron chi connectivity index (χ1n) is 6.03. The third-order valence-corrected chi connectivity index (χ3v) is 4.23. The van der Waals surface area contributed by atoms with Crippen molar-refractivity contribution in [2.75, 3.05) is 0 Å². The molecule has 0 aromatic carbocycles. The van der Waals surface area contributed by atoms with E-state index in [4.69, 9.17) is 0 Å². The second kappa shape index (κ2) is 3.73. The summed E-state index contributed by atoms with van der Waals surface area (Å²) in [6, 6.07) is 0. The van der Waals surface area contributed by atoms with Crippen LogP contribution in [0, 0.1) is 11.3 Å². The van der Waals surface area contributed by atoms with E-state index in [1.165, 1.54) is 16.7 Å². The fourth-order valence-corrected chi connectivity index (χ4v) is 2.71. The molecule has 0 spiro atoms. The van der Waals surface area contributed by atoms with Gasteiger partial charge in [0.05, 0.1) is 0 Å². The summed E-state index contributed by atoms with van der Waals surface area (Å²) < 4.78 is 0. The first kappa shape index (κ1) is 11.4. The van der Waals surface area contributed by atoms with Crippen molar-refractivity contribution in [3.8, 4) is 0 Å². The lowest BCUT2D eigenvalue weighted by molar-refractivity contribution is -0.116. The Morgan fingerprint density at radius 3 is 2.69 bits per heavy atom. The van der Waals surface area contributed by atoms with Crippen molar-refractivity contribution in [2.45, 2.75) is 40.5 Å². The zero-order valence-corrected chi connectivity index (χ0v) is 10.6. The van der Waals surface area contributed by atoms with Crippen molar-refractivity contribution >= 4 is 5.78 Å². The Balaban J connectivity index is 2.49. The minimum absolute atomic E-state index is 0.162. The number of carbonyl (C=O) groups excluding carboxylic acids is 1. The van der Waals surface area contributed by atoms with Crippen LogP contribution in [0.15, 0.2) is 34.9 Å². The van der Waals surface area contributed by atoms with Crippen LogP contribution in [0.3, 0.4) is 0 Å². The number of rotatable bonds is 0. The zero-order valence-electron chi connectivity index (χ0n) is 10.6. The van der Waals surface area contributed by atoms with Crippen molar-refractivity contribution in [1.29, 1.82) is 0 Å². The number of allylic oxidation sites excluding steroid dienone is 6. The molecular weight excluding hydrogens is 196 g/mol. The Bertz CT molecular complexity index is 419. The van der Waals surface area contributed by atoms with Crippen LogP contribution in [0.4, 0.5) is 0 Å². The third kappa shape index (κ3) is 1.68. The summed E-state index contributed by atoms with van der Waals surface area (Å²) in [6.07, 6.45) is 7.93. The summed E-state index contributed by atoms with van der Waals surface area (Å²) in [6.45, 7) is 8.82. The maximum atomic E-state index is 11.6. The molecule has 0 heterocycles. The molecule has 2 aliphatic rings. The molecule has 1 heteroatoms. The number of hydrogen-bond acceptors (Lipinski definition) is 1. The van der Waals surface area contributed by atoms with Gasteiger partial charge >= 0.3 is 0 Å². The van der Waals surface area contributed by atoms with Gasteiger partial charge in [0, 0.05) is 6.42 Å². The molecule has 0 radical (unpaired) electrons. The molecule has 0 aromatic heterocycles. The highest BCUT2D eigenvalue weighted by Crippen LogP contribution is 2.49. The molecule has 2 unspecified atom stereocenters. The van der Waals surface area contributed by atoms with Crippen LogP contribution in [-0.4, -0.2) is 5.78 Å². The predicted octanol–water partition coefficient (Wildman–Crippen LogP) is 3.82. The van der Waals surface area contributed by atoms with Crippen molar-refractivity contribution in [2.24, 2.45) is 11.3 Å². The zero-order chi connectivity index (χ0) is 11.9. The van der Waals surface area contributed by atoms with Gasteiger partial charge < -0.3 is 0 Å². The fourth-order valence-electron chi connectivity index (χ4n) is 2.71. The van der Waals surface area contributed by atoms with E-state index in [0.717, 1.165) is 6.42 Å². The number of fused-ring (bicyclic) bond motifs is 1. The van der Waals surface area contributed by atoms with E-state index in [0.29, 0.717) is 12.3 Å². The van der Waals surface area contributed by atoms with Crippen LogP contribution in [0.25, 0.3) is 0 Å². The highest BCUT2D eigenvalue weighted by atomic mass is 16.1. The molecule has 0 N–H and O–H groups in total. The average Bonchev–Trinajstić information content (AvgIpc) is 2.19. The Morgan fingerprint density at radius 1 is 1.38 bits per heavy atom. The molecule has 0 saturated carbocycles. The normalized spacial score (nSPS) is 33.5. The number of ketones is 1. The van der Waals surface area contributed by atoms with Gasteiger partial charge in [-0.15, -0.1) is 0 Å². The van der Waals surface area contributed by atoms with Crippen LogP contribution in [0.5, 0.6) is 0 Å². The van der Waals surface area contributed by atoms with E-state index < -0.39 is 0 Å². The molecule has 2 aliphatic carbocycles. The predicted molar refractivity (Wildman–Crippen MR) is 67.1 cm³/mol. The summed E-state index contributed by atoms with van der Waals surface area (Å²) in [5.74, 6) is 0.726. The van der Waals surface area contributed by atoms with Gasteiger partial charge in [-0.2, -0.15) is 0 Å². The molecule has 0 fully saturated rings. The van der Waals surface area contributed by atoms with E-state index in [1.54, 1.807) is 0 Å². The smallest absolute Gasteiger partial charge is 0.156 e. The number of carbonyl (C=O) groups is 1. The standard InChI is InChI=1S/C15H20O/c1-10(2)12-5-6-13-8-14(16)7-11(3)15(13,4)9-12/h5-6,8,11H,7,9H2,1-4H3. The molecule has 16 heavy (non-hydrogen) atoms. The van der Waals surface area contributed by atoms with Gasteiger partial charge in [-0.25, -0.2) is 0 Å². The molecule has 0 saturated heterocycles. The van der Waals surface area contributed by atoms with Gasteiger partial charge in [0.1, 0.15) is 0 Å². The monoisotopic (exact) mass is 216 g/mol. The van der Waals surface area contributed by atoms with E-state index in [-0.39, 0.29) is 11.2 Å². The van der Waals surface area contributed by atoms with E-state index >= 15 is 0 Å². The molecule has 0 amide bonds. The lowest BCUT2D eigenvalue weighted by Crippen LogP contribution is -2.34. The molecule has 1 nitrogen and oxygen atoms in total. The summed E-state index contributed by atoms with van der Waals surface area (Å²) in [4.78, 5) is 11.6. The topological polar surface area (TPSA) is 17.1 Å². The first-order valence-corrected chi connectivity index (χ1v) is 6.03. The van der Waals surface area contributed by atoms with Crippen LogP contribution in [0.2, 0.25) is 0 Å². The van der Waals surface area contributed by atoms with Crippen LogP contribution in [-0.2, 0) is 4.79 Å². The minimum Gasteiger partial charge on any atom is -0.295 e. The minimum atomic E-state index is 0.162. The van der Waals surface area contributed by atoms with E-state index in [2.05, 4.69) is 39.8 Å². The summed E-state index contributed by atoms with van der Waals surface area (Å²) in [5.41, 5.74) is 4.21. The van der Waals surface area contributed by atoms with Gasteiger partial charge in [0.15, 0.2) is 5.78 Å². The van der Waals surface area contributed by atoms with Gasteiger partial charge in [-0.3, -0.25) is 4.79 Å². The summed E-state index contributed by atoms with van der Waals surface area (Å²) in [5, 5.41) is 0. The SMILES string of the molecule is CC(C)=C1C=CC2=CC(=O)CC(C)C2(C)C1. The average molecular weight is 216 g/mol. The number of hydrogen-bond donors (Lipinski definition) is 0. The largest absolute Gasteiger partial charge is 0.295 e. The molecule has 86 valence electrons. The second-order valence-corrected chi connectivity index (χ2v) is 5.62. The Kier molecular flexibility index (Phi) is 2.65. The van der Waals surface area contributed by atoms with E-state index in [9.17, 15) is 4.79 Å². The van der Waals surface area contributed by atoms with Gasteiger partial charge in [0.2, 0.25) is 0 Å². The Labute approximate surface area is 97.9 Å². The van der Waals surface area contributed by atoms with Crippen molar-refractivity contribution in [3.05, 3.63) is 34.9 Å². The molecule has 0 aromatic rings. The fraction of sp³-hybridized carbons (Fsp3) is 0.533. The maximum absolute atomic E-state index is 11.6. The highest BCUT2D eigenvalue weighted by molar-refractivity contribution is 5.92. The Morgan fingerprint density at radius 2 is 2.06 bits per heavy atom. The van der Waals surface area contributed by atoms with E-state index in [1.807, 2.05) is 6.08 Å². The third-order valence-electron chi connectivity index (χ3n) is 4.23. The van der Waals surface area contributed by atoms with Crippen LogP contribution >= 0.6 is 0 Å².